The van der Waals surface area contributed by atoms with E-state index in [2.05, 4.69) is 0 Å². The largest absolute Gasteiger partial charge is 2.00 e. The Labute approximate surface area is 155 Å². The maximum absolute atomic E-state index is 8.89. The van der Waals surface area contributed by atoms with E-state index in [0.29, 0.717) is 0 Å². The smallest absolute Gasteiger partial charge is 0.550 e. The molecule has 0 spiro atoms. The van der Waals surface area contributed by atoms with Gasteiger partial charge in [-0.1, -0.05) is 0 Å². The monoisotopic (exact) mass is 238 g/mol. The Balaban J connectivity index is -0.0000000171. The Kier molecular flexibility index (Phi) is 61.0. The fourth-order valence-electron chi connectivity index (χ4n) is 0. The van der Waals surface area contributed by atoms with Crippen molar-refractivity contribution < 1.29 is 19.8 Å². The molecule has 0 saturated carbocycles. The maximum Gasteiger partial charge on any atom is 2.00 e. The maximum atomic E-state index is 8.89. The van der Waals surface area contributed by atoms with Crippen molar-refractivity contribution in [3.05, 3.63) is 0 Å². The van der Waals surface area contributed by atoms with Gasteiger partial charge in [0.05, 0.1) is 0 Å². The van der Waals surface area contributed by atoms with Crippen LogP contribution < -0.4 is 10.2 Å². The molecule has 7 heteroatoms. The fraction of sp³-hybridized carbons (Fsp3) is 0.500. The second-order valence-corrected chi connectivity index (χ2v) is 0.983. The number of carboxylic acid groups (broad SMARTS) is 2. The molecule has 0 aromatic heterocycles. The zero-order chi connectivity index (χ0) is 7.15. The van der Waals surface area contributed by atoms with E-state index in [1.165, 1.54) is 0 Å². The first-order valence-corrected chi connectivity index (χ1v) is 1.82. The molecule has 0 saturated heterocycles. The number of carbonyl (C=O) groups excluding carboxylic acids is 2. The van der Waals surface area contributed by atoms with Crippen LogP contribution >= 0.6 is 0 Å². The normalized spacial score (nSPS) is 4.55. The number of carbonyl (C=O) groups is 2. The third-order valence-corrected chi connectivity index (χ3v) is 0. The van der Waals surface area contributed by atoms with Gasteiger partial charge >= 0.3 is 113 Å². The summed E-state index contributed by atoms with van der Waals surface area (Å²) in [6, 6.07) is 0. The summed E-state index contributed by atoms with van der Waals surface area (Å²) in [6.45, 7) is 1.94. The Bertz CT molecular complexity index is 75.3. The summed E-state index contributed by atoms with van der Waals surface area (Å²) in [4.78, 5) is 17.8. The van der Waals surface area contributed by atoms with E-state index in [-0.39, 0.29) is 113 Å². The first-order chi connectivity index (χ1) is 3.46. The summed E-state index contributed by atoms with van der Waals surface area (Å²) in [5, 5.41) is 17.8. The van der Waals surface area contributed by atoms with Gasteiger partial charge in [-0.05, 0) is 13.8 Å². The Hall–Kier alpha value is 2.72. The van der Waals surface area contributed by atoms with Crippen LogP contribution in [0.25, 0.3) is 0 Å². The van der Waals surface area contributed by atoms with Crippen LogP contribution in [-0.2, 0) is 9.59 Å². The van der Waals surface area contributed by atoms with Gasteiger partial charge in [0.25, 0.3) is 0 Å². The molecule has 0 N–H and O–H groups in total. The molecule has 0 bridgehead atoms. The third kappa shape index (κ3) is 198. The minimum absolute atomic E-state index is 0. The van der Waals surface area contributed by atoms with Crippen molar-refractivity contribution in [2.75, 3.05) is 0 Å². The van der Waals surface area contributed by atoms with Crippen molar-refractivity contribution in [2.45, 2.75) is 13.8 Å². The summed E-state index contributed by atoms with van der Waals surface area (Å²) >= 11 is 0. The van der Waals surface area contributed by atoms with E-state index in [4.69, 9.17) is 19.8 Å². The molecule has 0 heterocycles. The molecular formula is C4H6Ca3O4+4. The van der Waals surface area contributed by atoms with Crippen molar-refractivity contribution in [1.29, 1.82) is 0 Å². The molecule has 0 aliphatic carbocycles. The van der Waals surface area contributed by atoms with Gasteiger partial charge in [-0.25, -0.2) is 0 Å². The quantitative estimate of drug-likeness (QED) is 0.408. The molecule has 0 aliphatic rings. The van der Waals surface area contributed by atoms with E-state index in [0.717, 1.165) is 13.8 Å². The van der Waals surface area contributed by atoms with Gasteiger partial charge in [-0.3, -0.25) is 0 Å². The average molecular weight is 238 g/mol. The third-order valence-electron chi connectivity index (χ3n) is 0. The van der Waals surface area contributed by atoms with E-state index >= 15 is 0 Å². The van der Waals surface area contributed by atoms with E-state index < -0.39 is 11.9 Å². The van der Waals surface area contributed by atoms with Crippen LogP contribution in [0.3, 0.4) is 0 Å². The first-order valence-electron chi connectivity index (χ1n) is 1.82. The fourth-order valence-corrected chi connectivity index (χ4v) is 0. The average Bonchev–Trinajstić information content (AvgIpc) is 1.25. The topological polar surface area (TPSA) is 80.3 Å². The van der Waals surface area contributed by atoms with Crippen LogP contribution in [-0.4, -0.2) is 125 Å². The second-order valence-electron chi connectivity index (χ2n) is 0.983. The van der Waals surface area contributed by atoms with Crippen molar-refractivity contribution in [3.63, 3.8) is 0 Å². The minimum atomic E-state index is -1.08. The Morgan fingerprint density at radius 3 is 0.818 bits per heavy atom. The van der Waals surface area contributed by atoms with Crippen LogP contribution in [0.15, 0.2) is 0 Å². The number of rotatable bonds is 0. The molecule has 0 aromatic rings. The van der Waals surface area contributed by atoms with Crippen LogP contribution in [0.4, 0.5) is 0 Å². The molecule has 0 amide bonds. The van der Waals surface area contributed by atoms with Gasteiger partial charge in [0.15, 0.2) is 0 Å². The molecule has 0 unspecified atom stereocenters. The molecule has 11 heavy (non-hydrogen) atoms. The van der Waals surface area contributed by atoms with Gasteiger partial charge in [-0.2, -0.15) is 0 Å². The van der Waals surface area contributed by atoms with Crippen LogP contribution in [0, 0.1) is 0 Å². The summed E-state index contributed by atoms with van der Waals surface area (Å²) in [5.74, 6) is -2.17. The van der Waals surface area contributed by atoms with Crippen LogP contribution in [0.2, 0.25) is 0 Å². The van der Waals surface area contributed by atoms with Crippen molar-refractivity contribution in [2.24, 2.45) is 0 Å². The van der Waals surface area contributed by atoms with E-state index in [1.807, 2.05) is 0 Å². The molecule has 0 radical (unpaired) electrons. The second kappa shape index (κ2) is 23.0. The molecule has 0 aliphatic heterocycles. The van der Waals surface area contributed by atoms with Crippen molar-refractivity contribution >= 4 is 125 Å². The zero-order valence-corrected chi connectivity index (χ0v) is 13.4. The van der Waals surface area contributed by atoms with Crippen molar-refractivity contribution in [3.8, 4) is 0 Å². The van der Waals surface area contributed by atoms with Crippen molar-refractivity contribution in [1.82, 2.24) is 0 Å². The predicted molar refractivity (Wildman–Crippen MR) is 38.6 cm³/mol. The molecule has 48 valence electrons. The summed E-state index contributed by atoms with van der Waals surface area (Å²) in [7, 11) is 0. The molecule has 0 rings (SSSR count). The van der Waals surface area contributed by atoms with Crippen LogP contribution in [0.1, 0.15) is 13.8 Å². The molecule has 0 atom stereocenters. The van der Waals surface area contributed by atoms with E-state index in [1.54, 1.807) is 0 Å². The summed E-state index contributed by atoms with van der Waals surface area (Å²) in [5.41, 5.74) is 0. The SMILES string of the molecule is CC(=O)[O-].CC(=O)[O-].[Ca+2].[Ca+2].[Ca+2]. The van der Waals surface area contributed by atoms with Gasteiger partial charge in [0, 0.05) is 11.9 Å². The number of hydrogen-bond donors (Lipinski definition) is 0. The zero-order valence-electron chi connectivity index (χ0n) is 6.75. The van der Waals surface area contributed by atoms with Gasteiger partial charge in [0.1, 0.15) is 0 Å². The molecule has 0 aromatic carbocycles. The standard InChI is InChI=1S/2C2H4O2.3Ca/c2*1-2(3)4;;;/h2*1H3,(H,3,4);;;/q;;3*+2/p-2. The van der Waals surface area contributed by atoms with Crippen LogP contribution in [0.5, 0.6) is 0 Å². The van der Waals surface area contributed by atoms with Gasteiger partial charge in [0.2, 0.25) is 0 Å². The number of hydrogen-bond acceptors (Lipinski definition) is 4. The van der Waals surface area contributed by atoms with Gasteiger partial charge in [-0.15, -0.1) is 0 Å². The number of aliphatic carboxylic acids is 2. The Morgan fingerprint density at radius 1 is 0.818 bits per heavy atom. The molecule has 0 fully saturated rings. The predicted octanol–water partition coefficient (Wildman–Crippen LogP) is -3.63. The summed E-state index contributed by atoms with van der Waals surface area (Å²) in [6.07, 6.45) is 0. The molecular weight excluding hydrogens is 232 g/mol. The number of carboxylic acids is 2. The Morgan fingerprint density at radius 2 is 0.818 bits per heavy atom. The first kappa shape index (κ1) is 29.2. The summed E-state index contributed by atoms with van der Waals surface area (Å²) < 4.78 is 0. The molecule has 4 nitrogen and oxygen atoms in total. The minimum Gasteiger partial charge on any atom is -0.550 e. The van der Waals surface area contributed by atoms with E-state index in [9.17, 15) is 0 Å². The van der Waals surface area contributed by atoms with Gasteiger partial charge < -0.3 is 19.8 Å².